The molecule has 100 valence electrons. The van der Waals surface area contributed by atoms with E-state index < -0.39 is 17.2 Å². The Labute approximate surface area is 103 Å². The molecule has 0 saturated carbocycles. The van der Waals surface area contributed by atoms with Gasteiger partial charge in [-0.1, -0.05) is 13.8 Å². The van der Waals surface area contributed by atoms with Gasteiger partial charge in [0.05, 0.1) is 0 Å². The average Bonchev–Trinajstić information content (AvgIpc) is 2.22. The van der Waals surface area contributed by atoms with Crippen molar-refractivity contribution in [2.45, 2.75) is 58.6 Å². The van der Waals surface area contributed by atoms with Gasteiger partial charge < -0.3 is 15.4 Å². The number of hydrogen-bond donors (Lipinski definition) is 2. The van der Waals surface area contributed by atoms with Crippen molar-refractivity contribution >= 4 is 12.0 Å². The molecule has 0 aliphatic rings. The molecular formula is C12H24N2O3. The van der Waals surface area contributed by atoms with Gasteiger partial charge in [-0.05, 0) is 33.6 Å². The van der Waals surface area contributed by atoms with Gasteiger partial charge in [-0.15, -0.1) is 0 Å². The highest BCUT2D eigenvalue weighted by Crippen LogP contribution is 2.17. The Morgan fingerprint density at radius 3 is 1.88 bits per heavy atom. The first-order valence-electron chi connectivity index (χ1n) is 5.94. The molecule has 0 spiro atoms. The van der Waals surface area contributed by atoms with E-state index in [0.29, 0.717) is 12.8 Å². The van der Waals surface area contributed by atoms with Gasteiger partial charge >= 0.3 is 6.09 Å². The third-order valence-corrected chi connectivity index (χ3v) is 2.61. The SMILES string of the molecule is CCC(CC)(NC(=O)OC(C)(C)C)C(=O)NC. The fraction of sp³-hybridized carbons (Fsp3) is 0.833. The van der Waals surface area contributed by atoms with Crippen LogP contribution in [-0.4, -0.2) is 30.2 Å². The number of likely N-dealkylation sites (N-methyl/N-ethyl adjacent to an activating group) is 1. The molecule has 0 unspecified atom stereocenters. The molecule has 0 aromatic heterocycles. The zero-order valence-corrected chi connectivity index (χ0v) is 11.6. The molecule has 5 nitrogen and oxygen atoms in total. The van der Waals surface area contributed by atoms with Gasteiger partial charge in [0.25, 0.3) is 0 Å². The van der Waals surface area contributed by atoms with Crippen molar-refractivity contribution in [3.63, 3.8) is 0 Å². The Balaban J connectivity index is 4.77. The van der Waals surface area contributed by atoms with E-state index in [9.17, 15) is 9.59 Å². The van der Waals surface area contributed by atoms with Crippen LogP contribution in [0, 0.1) is 0 Å². The van der Waals surface area contributed by atoms with Gasteiger partial charge in [-0.2, -0.15) is 0 Å². The molecular weight excluding hydrogens is 220 g/mol. The van der Waals surface area contributed by atoms with Gasteiger partial charge in [0.15, 0.2) is 0 Å². The molecule has 0 atom stereocenters. The first-order chi connectivity index (χ1) is 7.70. The zero-order chi connectivity index (χ0) is 13.7. The molecule has 0 aromatic rings. The number of amides is 2. The third kappa shape index (κ3) is 4.63. The number of ether oxygens (including phenoxy) is 1. The van der Waals surface area contributed by atoms with Crippen LogP contribution in [0.2, 0.25) is 0 Å². The Bertz CT molecular complexity index is 278. The van der Waals surface area contributed by atoms with E-state index >= 15 is 0 Å². The number of alkyl carbamates (subject to hydrolysis) is 1. The van der Waals surface area contributed by atoms with E-state index in [1.807, 2.05) is 13.8 Å². The third-order valence-electron chi connectivity index (χ3n) is 2.61. The monoisotopic (exact) mass is 244 g/mol. The predicted octanol–water partition coefficient (Wildman–Crippen LogP) is 1.82. The van der Waals surface area contributed by atoms with E-state index in [0.717, 1.165) is 0 Å². The van der Waals surface area contributed by atoms with Crippen molar-refractivity contribution in [3.05, 3.63) is 0 Å². The van der Waals surface area contributed by atoms with Crippen molar-refractivity contribution in [1.82, 2.24) is 10.6 Å². The fourth-order valence-corrected chi connectivity index (χ4v) is 1.54. The lowest BCUT2D eigenvalue weighted by molar-refractivity contribution is -0.127. The molecule has 5 heteroatoms. The summed E-state index contributed by atoms with van der Waals surface area (Å²) in [6.45, 7) is 9.07. The van der Waals surface area contributed by atoms with Gasteiger partial charge in [-0.25, -0.2) is 4.79 Å². The van der Waals surface area contributed by atoms with Crippen LogP contribution in [-0.2, 0) is 9.53 Å². The predicted molar refractivity (Wildman–Crippen MR) is 66.7 cm³/mol. The van der Waals surface area contributed by atoms with Crippen molar-refractivity contribution in [2.75, 3.05) is 7.05 Å². The number of nitrogens with one attached hydrogen (secondary N) is 2. The smallest absolute Gasteiger partial charge is 0.408 e. The first kappa shape index (κ1) is 15.7. The van der Waals surface area contributed by atoms with Crippen LogP contribution in [0.5, 0.6) is 0 Å². The van der Waals surface area contributed by atoms with E-state index in [-0.39, 0.29) is 5.91 Å². The van der Waals surface area contributed by atoms with Crippen LogP contribution in [0.3, 0.4) is 0 Å². The molecule has 0 rings (SSSR count). The van der Waals surface area contributed by atoms with Crippen LogP contribution in [0.15, 0.2) is 0 Å². The lowest BCUT2D eigenvalue weighted by atomic mass is 9.92. The summed E-state index contributed by atoms with van der Waals surface area (Å²) in [6.07, 6.45) is 0.468. The van der Waals surface area contributed by atoms with Crippen LogP contribution in [0.25, 0.3) is 0 Å². The molecule has 0 saturated heterocycles. The van der Waals surface area contributed by atoms with E-state index in [1.54, 1.807) is 27.8 Å². The highest BCUT2D eigenvalue weighted by molar-refractivity contribution is 5.89. The van der Waals surface area contributed by atoms with E-state index in [2.05, 4.69) is 10.6 Å². The van der Waals surface area contributed by atoms with Crippen LogP contribution >= 0.6 is 0 Å². The maximum atomic E-state index is 11.8. The van der Waals surface area contributed by atoms with Crippen LogP contribution < -0.4 is 10.6 Å². The minimum Gasteiger partial charge on any atom is -0.444 e. The minimum absolute atomic E-state index is 0.201. The van der Waals surface area contributed by atoms with Gasteiger partial charge in [0, 0.05) is 7.05 Å². The summed E-state index contributed by atoms with van der Waals surface area (Å²) in [7, 11) is 1.55. The van der Waals surface area contributed by atoms with Crippen LogP contribution in [0.4, 0.5) is 4.79 Å². The van der Waals surface area contributed by atoms with Gasteiger partial charge in [0.2, 0.25) is 5.91 Å². The molecule has 2 N–H and O–H groups in total. The maximum absolute atomic E-state index is 11.8. The van der Waals surface area contributed by atoms with Crippen molar-refractivity contribution in [3.8, 4) is 0 Å². The molecule has 0 aliphatic heterocycles. The second-order valence-corrected chi connectivity index (χ2v) is 5.00. The summed E-state index contributed by atoms with van der Waals surface area (Å²) in [4.78, 5) is 23.5. The maximum Gasteiger partial charge on any atom is 0.408 e. The summed E-state index contributed by atoms with van der Waals surface area (Å²) in [5.41, 5.74) is -1.46. The Hall–Kier alpha value is -1.26. The highest BCUT2D eigenvalue weighted by Gasteiger charge is 2.37. The van der Waals surface area contributed by atoms with Crippen molar-refractivity contribution in [2.24, 2.45) is 0 Å². The topological polar surface area (TPSA) is 67.4 Å². The molecule has 0 aliphatic carbocycles. The Morgan fingerprint density at radius 2 is 1.59 bits per heavy atom. The van der Waals surface area contributed by atoms with Crippen molar-refractivity contribution in [1.29, 1.82) is 0 Å². The molecule has 2 amide bonds. The molecule has 0 fully saturated rings. The normalized spacial score (nSPS) is 11.9. The first-order valence-corrected chi connectivity index (χ1v) is 5.94. The molecule has 0 heterocycles. The fourth-order valence-electron chi connectivity index (χ4n) is 1.54. The second kappa shape index (κ2) is 5.89. The summed E-state index contributed by atoms with van der Waals surface area (Å²) in [6, 6.07) is 0. The van der Waals surface area contributed by atoms with Gasteiger partial charge in [-0.3, -0.25) is 4.79 Å². The lowest BCUT2D eigenvalue weighted by Crippen LogP contribution is -2.58. The molecule has 0 radical (unpaired) electrons. The van der Waals surface area contributed by atoms with Crippen LogP contribution in [0.1, 0.15) is 47.5 Å². The summed E-state index contributed by atoms with van der Waals surface area (Å²) in [5, 5.41) is 5.23. The second-order valence-electron chi connectivity index (χ2n) is 5.00. The van der Waals surface area contributed by atoms with Crippen molar-refractivity contribution < 1.29 is 14.3 Å². The average molecular weight is 244 g/mol. The van der Waals surface area contributed by atoms with E-state index in [1.165, 1.54) is 0 Å². The molecule has 0 bridgehead atoms. The highest BCUT2D eigenvalue weighted by atomic mass is 16.6. The quantitative estimate of drug-likeness (QED) is 0.792. The van der Waals surface area contributed by atoms with E-state index in [4.69, 9.17) is 4.74 Å². The molecule has 0 aromatic carbocycles. The standard InChI is InChI=1S/C12H24N2O3/c1-7-12(8-2,9(15)13-6)14-10(16)17-11(3,4)5/h7-8H2,1-6H3,(H,13,15)(H,14,16). The number of carbonyl (C=O) groups is 2. The summed E-state index contributed by atoms with van der Waals surface area (Å²) < 4.78 is 5.16. The molecule has 17 heavy (non-hydrogen) atoms. The Kier molecular flexibility index (Phi) is 5.45. The zero-order valence-electron chi connectivity index (χ0n) is 11.6. The minimum atomic E-state index is -0.892. The Morgan fingerprint density at radius 1 is 1.12 bits per heavy atom. The van der Waals surface area contributed by atoms with Gasteiger partial charge in [0.1, 0.15) is 11.1 Å². The summed E-state index contributed by atoms with van der Waals surface area (Å²) in [5.74, 6) is -0.201. The summed E-state index contributed by atoms with van der Waals surface area (Å²) >= 11 is 0. The lowest BCUT2D eigenvalue weighted by Gasteiger charge is -2.32. The number of hydrogen-bond acceptors (Lipinski definition) is 3. The number of rotatable bonds is 4. The largest absolute Gasteiger partial charge is 0.444 e. The number of carbonyl (C=O) groups excluding carboxylic acids is 2.